The molecule has 0 aliphatic carbocycles. The number of hydrogen-bond acceptors (Lipinski definition) is 4. The van der Waals surface area contributed by atoms with Gasteiger partial charge in [-0.05, 0) is 73.6 Å². The van der Waals surface area contributed by atoms with Gasteiger partial charge in [0.15, 0.2) is 5.11 Å². The van der Waals surface area contributed by atoms with Crippen molar-refractivity contribution < 1.29 is 9.53 Å². The fraction of sp³-hybridized carbons (Fsp3) is 0.233. The standard InChI is InChI=1S/C30H31N5O2S/c1-19-16-24(20(2)34(19)18-22-10-6-5-7-11-22)29-28(25-12-8-9-15-31-25)33-30(38)35(29)23-13-14-27(37-4)26(17-23)32-21(3)36/h5-17,28-29H,18H2,1-4H3,(H,32,36)(H,33,38)/t28-,29-/m0/s1. The van der Waals surface area contributed by atoms with Crippen molar-refractivity contribution in [3.63, 3.8) is 0 Å². The number of thiocarbonyl (C=S) groups is 1. The minimum atomic E-state index is -0.171. The maximum Gasteiger partial charge on any atom is 0.221 e. The summed E-state index contributed by atoms with van der Waals surface area (Å²) in [5.41, 5.74) is 7.11. The van der Waals surface area contributed by atoms with Gasteiger partial charge in [0.2, 0.25) is 5.91 Å². The van der Waals surface area contributed by atoms with E-state index in [1.54, 1.807) is 13.3 Å². The summed E-state index contributed by atoms with van der Waals surface area (Å²) in [6.07, 6.45) is 1.81. The molecule has 2 aromatic carbocycles. The summed E-state index contributed by atoms with van der Waals surface area (Å²) in [5.74, 6) is 0.413. The van der Waals surface area contributed by atoms with Crippen LogP contribution >= 0.6 is 12.2 Å². The average Bonchev–Trinajstić information content (AvgIpc) is 3.40. The molecule has 1 amide bonds. The zero-order chi connectivity index (χ0) is 26.8. The van der Waals surface area contributed by atoms with Gasteiger partial charge in [-0.2, -0.15) is 0 Å². The normalized spacial score (nSPS) is 16.8. The minimum absolute atomic E-state index is 0.160. The van der Waals surface area contributed by atoms with Gasteiger partial charge in [-0.1, -0.05) is 36.4 Å². The van der Waals surface area contributed by atoms with E-state index in [0.717, 1.165) is 17.9 Å². The highest BCUT2D eigenvalue weighted by Crippen LogP contribution is 2.44. The lowest BCUT2D eigenvalue weighted by Gasteiger charge is -2.29. The van der Waals surface area contributed by atoms with Crippen molar-refractivity contribution in [2.24, 2.45) is 0 Å². The molecule has 0 bridgehead atoms. The molecule has 2 N–H and O–H groups in total. The van der Waals surface area contributed by atoms with Crippen molar-refractivity contribution in [3.05, 3.63) is 107 Å². The first kappa shape index (κ1) is 25.5. The monoisotopic (exact) mass is 525 g/mol. The largest absolute Gasteiger partial charge is 0.495 e. The Morgan fingerprint density at radius 3 is 2.53 bits per heavy atom. The fourth-order valence-corrected chi connectivity index (χ4v) is 5.56. The first-order chi connectivity index (χ1) is 18.4. The number of ether oxygens (including phenoxy) is 1. The molecular formula is C30H31N5O2S. The van der Waals surface area contributed by atoms with Crippen LogP contribution in [0.25, 0.3) is 0 Å². The number of nitrogens with zero attached hydrogens (tertiary/aromatic N) is 3. The van der Waals surface area contributed by atoms with Crippen molar-refractivity contribution in [3.8, 4) is 5.75 Å². The molecule has 1 aliphatic heterocycles. The predicted octanol–water partition coefficient (Wildman–Crippen LogP) is 5.69. The van der Waals surface area contributed by atoms with Crippen LogP contribution in [-0.2, 0) is 11.3 Å². The molecule has 0 spiro atoms. The second-order valence-corrected chi connectivity index (χ2v) is 9.85. The number of aryl methyl sites for hydroxylation is 1. The molecule has 1 aliphatic rings. The lowest BCUT2D eigenvalue weighted by molar-refractivity contribution is -0.114. The number of methoxy groups -OCH3 is 1. The molecule has 2 aromatic heterocycles. The number of benzene rings is 2. The minimum Gasteiger partial charge on any atom is -0.495 e. The predicted molar refractivity (Wildman–Crippen MR) is 155 cm³/mol. The van der Waals surface area contributed by atoms with E-state index in [1.165, 1.54) is 29.4 Å². The highest BCUT2D eigenvalue weighted by atomic mass is 32.1. The number of pyridine rings is 1. The molecule has 8 heteroatoms. The number of rotatable bonds is 7. The number of carbonyl (C=O) groups excluding carboxylic acids is 1. The Morgan fingerprint density at radius 1 is 1.08 bits per heavy atom. The Morgan fingerprint density at radius 2 is 1.84 bits per heavy atom. The van der Waals surface area contributed by atoms with Gasteiger partial charge in [-0.15, -0.1) is 0 Å². The Balaban J connectivity index is 1.63. The van der Waals surface area contributed by atoms with Crippen molar-refractivity contribution in [1.29, 1.82) is 0 Å². The van der Waals surface area contributed by atoms with Crippen molar-refractivity contribution >= 4 is 34.6 Å². The van der Waals surface area contributed by atoms with Crippen LogP contribution in [0.4, 0.5) is 11.4 Å². The SMILES string of the molecule is COc1ccc(N2C(=S)N[C@@H](c3ccccn3)[C@@H]2c2cc(C)n(Cc3ccccc3)c2C)cc1NC(C)=O. The molecule has 2 atom stereocenters. The number of nitrogens with one attached hydrogen (secondary N) is 2. The Labute approximate surface area is 228 Å². The second kappa shape index (κ2) is 10.7. The molecule has 0 saturated carbocycles. The maximum atomic E-state index is 11.9. The molecular weight excluding hydrogens is 494 g/mol. The molecule has 0 radical (unpaired) electrons. The topological polar surface area (TPSA) is 71.4 Å². The Kier molecular flexibility index (Phi) is 7.15. The maximum absolute atomic E-state index is 11.9. The third kappa shape index (κ3) is 4.87. The van der Waals surface area contributed by atoms with E-state index in [-0.39, 0.29) is 18.0 Å². The van der Waals surface area contributed by atoms with E-state index in [4.69, 9.17) is 17.0 Å². The van der Waals surface area contributed by atoms with Crippen LogP contribution in [0.2, 0.25) is 0 Å². The van der Waals surface area contributed by atoms with Crippen LogP contribution < -0.4 is 20.3 Å². The second-order valence-electron chi connectivity index (χ2n) is 9.46. The van der Waals surface area contributed by atoms with Crippen LogP contribution in [0.1, 0.15) is 47.2 Å². The molecule has 194 valence electrons. The van der Waals surface area contributed by atoms with E-state index >= 15 is 0 Å². The number of aromatic nitrogens is 2. The lowest BCUT2D eigenvalue weighted by atomic mass is 9.96. The van der Waals surface area contributed by atoms with E-state index < -0.39 is 0 Å². The summed E-state index contributed by atoms with van der Waals surface area (Å²) >= 11 is 5.92. The van der Waals surface area contributed by atoms with Crippen LogP contribution in [0.5, 0.6) is 5.75 Å². The number of amides is 1. The summed E-state index contributed by atoms with van der Waals surface area (Å²) < 4.78 is 7.84. The highest BCUT2D eigenvalue weighted by Gasteiger charge is 2.42. The summed E-state index contributed by atoms with van der Waals surface area (Å²) in [5, 5.41) is 7.01. The van der Waals surface area contributed by atoms with Gasteiger partial charge in [-0.3, -0.25) is 9.78 Å². The Hall–Kier alpha value is -4.17. The first-order valence-corrected chi connectivity index (χ1v) is 12.9. The summed E-state index contributed by atoms with van der Waals surface area (Å²) in [7, 11) is 1.59. The van der Waals surface area contributed by atoms with Crippen molar-refractivity contribution in [2.75, 3.05) is 17.3 Å². The van der Waals surface area contributed by atoms with E-state index in [2.05, 4.69) is 69.3 Å². The van der Waals surface area contributed by atoms with Crippen molar-refractivity contribution in [2.45, 2.75) is 39.4 Å². The van der Waals surface area contributed by atoms with Gasteiger partial charge in [-0.25, -0.2) is 0 Å². The van der Waals surface area contributed by atoms with Crippen LogP contribution in [0.15, 0.2) is 79.0 Å². The smallest absolute Gasteiger partial charge is 0.221 e. The van der Waals surface area contributed by atoms with Crippen molar-refractivity contribution in [1.82, 2.24) is 14.9 Å². The molecule has 5 rings (SSSR count). The zero-order valence-corrected chi connectivity index (χ0v) is 22.8. The van der Waals surface area contributed by atoms with Gasteiger partial charge < -0.3 is 24.8 Å². The number of hydrogen-bond donors (Lipinski definition) is 2. The van der Waals surface area contributed by atoms with Gasteiger partial charge >= 0.3 is 0 Å². The summed E-state index contributed by atoms with van der Waals surface area (Å²) in [4.78, 5) is 18.7. The van der Waals surface area contributed by atoms with Gasteiger partial charge in [0, 0.05) is 36.7 Å². The third-order valence-corrected chi connectivity index (χ3v) is 7.30. The third-order valence-electron chi connectivity index (χ3n) is 6.98. The molecule has 38 heavy (non-hydrogen) atoms. The van der Waals surface area contributed by atoms with Crippen LogP contribution in [0.3, 0.4) is 0 Å². The van der Waals surface area contributed by atoms with Gasteiger partial charge in [0.05, 0.1) is 30.6 Å². The number of carbonyl (C=O) groups is 1. The van der Waals surface area contributed by atoms with E-state index in [0.29, 0.717) is 16.5 Å². The summed E-state index contributed by atoms with van der Waals surface area (Å²) in [6, 6.07) is 24.1. The van der Waals surface area contributed by atoms with E-state index in [9.17, 15) is 4.79 Å². The first-order valence-electron chi connectivity index (χ1n) is 12.5. The van der Waals surface area contributed by atoms with E-state index in [1.807, 2.05) is 42.5 Å². The summed E-state index contributed by atoms with van der Waals surface area (Å²) in [6.45, 7) is 6.57. The van der Waals surface area contributed by atoms with Crippen LogP contribution in [-0.4, -0.2) is 27.7 Å². The number of anilines is 2. The molecule has 4 aromatic rings. The Bertz CT molecular complexity index is 1470. The average molecular weight is 526 g/mol. The van der Waals surface area contributed by atoms with Gasteiger partial charge in [0.1, 0.15) is 5.75 Å². The molecule has 3 heterocycles. The van der Waals surface area contributed by atoms with Gasteiger partial charge in [0.25, 0.3) is 0 Å². The molecule has 7 nitrogen and oxygen atoms in total. The van der Waals surface area contributed by atoms with Crippen LogP contribution in [0, 0.1) is 13.8 Å². The highest BCUT2D eigenvalue weighted by molar-refractivity contribution is 7.80. The molecule has 1 fully saturated rings. The molecule has 0 unspecified atom stereocenters. The lowest BCUT2D eigenvalue weighted by Crippen LogP contribution is -2.29. The quantitative estimate of drug-likeness (QED) is 0.302. The fourth-order valence-electron chi connectivity index (χ4n) is 5.22. The molecule has 1 saturated heterocycles. The zero-order valence-electron chi connectivity index (χ0n) is 21.9.